The van der Waals surface area contributed by atoms with Crippen LogP contribution in [0.1, 0.15) is 52.7 Å². The molecule has 5 heteroatoms. The van der Waals surface area contributed by atoms with E-state index < -0.39 is 0 Å². The average Bonchev–Trinajstić information content (AvgIpc) is 3.11. The lowest BCUT2D eigenvalue weighted by Gasteiger charge is -2.23. The number of hydrogen-bond donors (Lipinski definition) is 1. The van der Waals surface area contributed by atoms with Crippen molar-refractivity contribution in [1.82, 2.24) is 0 Å². The number of aryl methyl sites for hydroxylation is 1. The number of ether oxygens (including phenoxy) is 2. The Hall–Kier alpha value is -1.85. The van der Waals surface area contributed by atoms with Gasteiger partial charge >= 0.3 is 0 Å². The number of carbonyl (C=O) groups excluding carboxylic acids is 1. The van der Waals surface area contributed by atoms with Gasteiger partial charge in [0, 0.05) is 11.5 Å². The number of thiophene rings is 1. The Balaban J connectivity index is 1.42. The van der Waals surface area contributed by atoms with Crippen LogP contribution < -0.4 is 10.1 Å². The maximum atomic E-state index is 12.8. The Labute approximate surface area is 164 Å². The topological polar surface area (TPSA) is 47.6 Å². The quantitative estimate of drug-likeness (QED) is 0.781. The van der Waals surface area contributed by atoms with Crippen LogP contribution in [0.3, 0.4) is 0 Å². The standard InChI is InChI=1S/C22H27NO3S/c1-15-9-10-20-16(12-15)13-21(27-20)22(24)23-18-7-2-3-8-19(18)26-14-17-6-4-5-11-25-17/h2-3,7-8,13,15,17H,4-6,9-12,14H2,1H3,(H,23,24). The van der Waals surface area contributed by atoms with Crippen LogP contribution >= 0.6 is 11.3 Å². The number of carbonyl (C=O) groups is 1. The molecule has 1 N–H and O–H groups in total. The zero-order valence-corrected chi connectivity index (χ0v) is 16.6. The lowest BCUT2D eigenvalue weighted by molar-refractivity contribution is -0.0109. The number of amides is 1. The molecular formula is C22H27NO3S. The Bertz CT molecular complexity index is 795. The molecule has 1 aromatic carbocycles. The third-order valence-corrected chi connectivity index (χ3v) is 6.62. The smallest absolute Gasteiger partial charge is 0.265 e. The van der Waals surface area contributed by atoms with E-state index >= 15 is 0 Å². The van der Waals surface area contributed by atoms with Gasteiger partial charge in [-0.25, -0.2) is 0 Å². The number of benzene rings is 1. The minimum absolute atomic E-state index is 0.0491. The van der Waals surface area contributed by atoms with E-state index in [0.29, 0.717) is 18.3 Å². The van der Waals surface area contributed by atoms with E-state index in [0.717, 1.165) is 42.9 Å². The fraction of sp³-hybridized carbons (Fsp3) is 0.500. The zero-order chi connectivity index (χ0) is 18.6. The first-order chi connectivity index (χ1) is 13.2. The lowest BCUT2D eigenvalue weighted by atomic mass is 9.90. The summed E-state index contributed by atoms with van der Waals surface area (Å²) in [7, 11) is 0. The fourth-order valence-electron chi connectivity index (χ4n) is 3.82. The van der Waals surface area contributed by atoms with Crippen molar-refractivity contribution in [3.63, 3.8) is 0 Å². The van der Waals surface area contributed by atoms with Gasteiger partial charge in [0.05, 0.1) is 16.7 Å². The molecule has 2 unspecified atom stereocenters. The molecule has 2 heterocycles. The highest BCUT2D eigenvalue weighted by Gasteiger charge is 2.21. The molecule has 2 atom stereocenters. The van der Waals surface area contributed by atoms with Gasteiger partial charge in [-0.2, -0.15) is 0 Å². The van der Waals surface area contributed by atoms with Crippen LogP contribution in [0, 0.1) is 5.92 Å². The summed E-state index contributed by atoms with van der Waals surface area (Å²) in [5, 5.41) is 3.04. The van der Waals surface area contributed by atoms with Crippen molar-refractivity contribution in [3.8, 4) is 5.75 Å². The molecule has 1 amide bonds. The van der Waals surface area contributed by atoms with E-state index in [-0.39, 0.29) is 12.0 Å². The second kappa shape index (κ2) is 8.44. The van der Waals surface area contributed by atoms with Crippen LogP contribution in [0.2, 0.25) is 0 Å². The van der Waals surface area contributed by atoms with E-state index in [2.05, 4.69) is 18.3 Å². The van der Waals surface area contributed by atoms with Crippen molar-refractivity contribution in [3.05, 3.63) is 45.6 Å². The highest BCUT2D eigenvalue weighted by atomic mass is 32.1. The summed E-state index contributed by atoms with van der Waals surface area (Å²) < 4.78 is 11.7. The minimum atomic E-state index is -0.0491. The van der Waals surface area contributed by atoms with Gasteiger partial charge in [-0.1, -0.05) is 19.1 Å². The first kappa shape index (κ1) is 18.5. The molecule has 2 aromatic rings. The fourth-order valence-corrected chi connectivity index (χ4v) is 4.92. The highest BCUT2D eigenvalue weighted by Crippen LogP contribution is 2.33. The number of anilines is 1. The van der Waals surface area contributed by atoms with E-state index in [1.165, 1.54) is 23.3 Å². The van der Waals surface area contributed by atoms with E-state index in [9.17, 15) is 4.79 Å². The van der Waals surface area contributed by atoms with Crippen LogP contribution in [-0.2, 0) is 17.6 Å². The number of rotatable bonds is 5. The summed E-state index contributed by atoms with van der Waals surface area (Å²) in [6.07, 6.45) is 6.90. The maximum absolute atomic E-state index is 12.8. The second-order valence-corrected chi connectivity index (χ2v) is 8.79. The summed E-state index contributed by atoms with van der Waals surface area (Å²) in [4.78, 5) is 15.0. The third-order valence-electron chi connectivity index (χ3n) is 5.39. The van der Waals surface area contributed by atoms with Crippen LogP contribution in [0.15, 0.2) is 30.3 Å². The maximum Gasteiger partial charge on any atom is 0.265 e. The van der Waals surface area contributed by atoms with Gasteiger partial charge < -0.3 is 14.8 Å². The first-order valence-corrected chi connectivity index (χ1v) is 10.8. The molecule has 1 aliphatic heterocycles. The van der Waals surface area contributed by atoms with Gasteiger partial charge in [-0.3, -0.25) is 4.79 Å². The third kappa shape index (κ3) is 4.53. The van der Waals surface area contributed by atoms with Gasteiger partial charge in [0.25, 0.3) is 5.91 Å². The zero-order valence-electron chi connectivity index (χ0n) is 15.8. The lowest BCUT2D eigenvalue weighted by Crippen LogP contribution is -2.26. The van der Waals surface area contributed by atoms with Gasteiger partial charge in [-0.05, 0) is 68.2 Å². The second-order valence-electron chi connectivity index (χ2n) is 7.66. The largest absolute Gasteiger partial charge is 0.489 e. The van der Waals surface area contributed by atoms with Crippen molar-refractivity contribution in [2.45, 2.75) is 51.6 Å². The van der Waals surface area contributed by atoms with Crippen molar-refractivity contribution in [2.75, 3.05) is 18.5 Å². The van der Waals surface area contributed by atoms with Crippen LogP contribution in [0.4, 0.5) is 5.69 Å². The van der Waals surface area contributed by atoms with Crippen LogP contribution in [0.5, 0.6) is 5.75 Å². The van der Waals surface area contributed by atoms with E-state index in [1.807, 2.05) is 24.3 Å². The van der Waals surface area contributed by atoms with Crippen molar-refractivity contribution >= 4 is 22.9 Å². The van der Waals surface area contributed by atoms with Crippen LogP contribution in [-0.4, -0.2) is 25.2 Å². The molecule has 4 nitrogen and oxygen atoms in total. The molecule has 0 radical (unpaired) electrons. The van der Waals surface area contributed by atoms with Gasteiger partial charge in [0.2, 0.25) is 0 Å². The molecule has 0 bridgehead atoms. The Kier molecular flexibility index (Phi) is 5.79. The van der Waals surface area contributed by atoms with E-state index in [4.69, 9.17) is 9.47 Å². The number of para-hydroxylation sites is 2. The van der Waals surface area contributed by atoms with Crippen molar-refractivity contribution < 1.29 is 14.3 Å². The Morgan fingerprint density at radius 1 is 1.30 bits per heavy atom. The monoisotopic (exact) mass is 385 g/mol. The minimum Gasteiger partial charge on any atom is -0.489 e. The Morgan fingerprint density at radius 2 is 2.19 bits per heavy atom. The van der Waals surface area contributed by atoms with Crippen LogP contribution in [0.25, 0.3) is 0 Å². The molecule has 1 saturated heterocycles. The molecule has 144 valence electrons. The Morgan fingerprint density at radius 3 is 3.04 bits per heavy atom. The molecule has 0 spiro atoms. The molecule has 1 aliphatic carbocycles. The summed E-state index contributed by atoms with van der Waals surface area (Å²) >= 11 is 1.63. The number of fused-ring (bicyclic) bond motifs is 1. The molecular weight excluding hydrogens is 358 g/mol. The summed E-state index contributed by atoms with van der Waals surface area (Å²) in [6.45, 7) is 3.62. The summed E-state index contributed by atoms with van der Waals surface area (Å²) in [5.41, 5.74) is 2.07. The summed E-state index contributed by atoms with van der Waals surface area (Å²) in [6, 6.07) is 9.72. The number of hydrogen-bond acceptors (Lipinski definition) is 4. The highest BCUT2D eigenvalue weighted by molar-refractivity contribution is 7.14. The summed E-state index contributed by atoms with van der Waals surface area (Å²) in [5.74, 6) is 1.36. The molecule has 2 aliphatic rings. The molecule has 27 heavy (non-hydrogen) atoms. The molecule has 0 saturated carbocycles. The van der Waals surface area contributed by atoms with Crippen molar-refractivity contribution in [2.24, 2.45) is 5.92 Å². The number of nitrogens with one attached hydrogen (secondary N) is 1. The molecule has 1 aromatic heterocycles. The predicted molar refractivity (Wildman–Crippen MR) is 109 cm³/mol. The molecule has 1 fully saturated rings. The van der Waals surface area contributed by atoms with Gasteiger partial charge in [0.15, 0.2) is 0 Å². The first-order valence-electron chi connectivity index (χ1n) is 9.95. The average molecular weight is 386 g/mol. The van der Waals surface area contributed by atoms with Crippen molar-refractivity contribution in [1.29, 1.82) is 0 Å². The predicted octanol–water partition coefficient (Wildman–Crippen LogP) is 5.07. The molecule has 4 rings (SSSR count). The van der Waals surface area contributed by atoms with E-state index in [1.54, 1.807) is 11.3 Å². The normalized spacial score (nSPS) is 22.1. The SMILES string of the molecule is CC1CCc2sc(C(=O)Nc3ccccc3OCC3CCCCO3)cc2C1. The van der Waals surface area contributed by atoms with Gasteiger partial charge in [-0.15, -0.1) is 11.3 Å². The van der Waals surface area contributed by atoms with Gasteiger partial charge in [0.1, 0.15) is 12.4 Å².